The molecule has 64 valence electrons. The zero-order valence-electron chi connectivity index (χ0n) is 6.80. The molecule has 5 heteroatoms. The number of hydrogen-bond donors (Lipinski definition) is 2. The minimum Gasteiger partial charge on any atom is -0.453 e. The summed E-state index contributed by atoms with van der Waals surface area (Å²) >= 11 is 0. The van der Waals surface area contributed by atoms with Crippen LogP contribution < -0.4 is 10.6 Å². The third-order valence-corrected chi connectivity index (χ3v) is 1.16. The number of likely N-dealkylation sites (N-methyl/N-ethyl adjacent to an activating group) is 1. The zero-order chi connectivity index (χ0) is 8.85. The van der Waals surface area contributed by atoms with E-state index in [0.717, 1.165) is 0 Å². The largest absolute Gasteiger partial charge is 0.453 e. The van der Waals surface area contributed by atoms with Gasteiger partial charge in [0.1, 0.15) is 6.04 Å². The Hall–Kier alpha value is -1.26. The van der Waals surface area contributed by atoms with E-state index in [1.807, 2.05) is 0 Å². The van der Waals surface area contributed by atoms with Gasteiger partial charge in [0.05, 0.1) is 7.11 Å². The lowest BCUT2D eigenvalue weighted by Gasteiger charge is -2.10. The average Bonchev–Trinajstić information content (AvgIpc) is 2.02. The highest BCUT2D eigenvalue weighted by Crippen LogP contribution is 1.81. The second-order valence-electron chi connectivity index (χ2n) is 1.97. The first-order chi connectivity index (χ1) is 5.11. The van der Waals surface area contributed by atoms with Gasteiger partial charge >= 0.3 is 6.09 Å². The molecular formula is C6H12N2O3. The van der Waals surface area contributed by atoms with Crippen molar-refractivity contribution in [1.82, 2.24) is 10.6 Å². The monoisotopic (exact) mass is 160 g/mol. The van der Waals surface area contributed by atoms with Gasteiger partial charge < -0.3 is 15.4 Å². The molecule has 0 aromatic heterocycles. The number of amides is 2. The molecule has 0 aliphatic heterocycles. The molecule has 0 radical (unpaired) electrons. The second-order valence-corrected chi connectivity index (χ2v) is 1.97. The van der Waals surface area contributed by atoms with E-state index in [9.17, 15) is 9.59 Å². The molecule has 0 saturated carbocycles. The van der Waals surface area contributed by atoms with Crippen LogP contribution in [-0.4, -0.2) is 32.2 Å². The molecule has 0 spiro atoms. The molecular weight excluding hydrogens is 148 g/mol. The van der Waals surface area contributed by atoms with E-state index in [-0.39, 0.29) is 5.91 Å². The third-order valence-electron chi connectivity index (χ3n) is 1.16. The van der Waals surface area contributed by atoms with Gasteiger partial charge in [-0.15, -0.1) is 0 Å². The van der Waals surface area contributed by atoms with Crippen LogP contribution in [0.2, 0.25) is 0 Å². The molecule has 0 aliphatic rings. The fraction of sp³-hybridized carbons (Fsp3) is 0.667. The Bertz CT molecular complexity index is 158. The molecule has 2 amide bonds. The Morgan fingerprint density at radius 1 is 1.45 bits per heavy atom. The standard InChI is InChI=1S/C6H12N2O3/c1-4(5(9)7-2)8-6(10)11-3/h4H,1-3H3,(H,7,9)(H,8,10)/t4-/m0/s1. The smallest absolute Gasteiger partial charge is 0.407 e. The minimum atomic E-state index is -0.610. The fourth-order valence-corrected chi connectivity index (χ4v) is 0.518. The van der Waals surface area contributed by atoms with Crippen molar-refractivity contribution in [2.45, 2.75) is 13.0 Å². The highest BCUT2D eigenvalue weighted by Gasteiger charge is 2.12. The number of rotatable bonds is 2. The predicted octanol–water partition coefficient (Wildman–Crippen LogP) is -0.523. The van der Waals surface area contributed by atoms with Crippen LogP contribution in [0.15, 0.2) is 0 Å². The lowest BCUT2D eigenvalue weighted by Crippen LogP contribution is -2.43. The summed E-state index contributed by atoms with van der Waals surface area (Å²) in [5.41, 5.74) is 0. The first-order valence-electron chi connectivity index (χ1n) is 3.18. The maximum Gasteiger partial charge on any atom is 0.407 e. The summed E-state index contributed by atoms with van der Waals surface area (Å²) in [6.07, 6.45) is -0.610. The van der Waals surface area contributed by atoms with E-state index >= 15 is 0 Å². The molecule has 0 saturated heterocycles. The quantitative estimate of drug-likeness (QED) is 0.571. The summed E-state index contributed by atoms with van der Waals surface area (Å²) in [7, 11) is 2.74. The first-order valence-corrected chi connectivity index (χ1v) is 3.18. The van der Waals surface area contributed by atoms with Gasteiger partial charge in [0, 0.05) is 7.05 Å². The Morgan fingerprint density at radius 2 is 2.00 bits per heavy atom. The average molecular weight is 160 g/mol. The Morgan fingerprint density at radius 3 is 2.36 bits per heavy atom. The van der Waals surface area contributed by atoms with Gasteiger partial charge in [0.2, 0.25) is 5.91 Å². The molecule has 2 N–H and O–H groups in total. The highest BCUT2D eigenvalue weighted by atomic mass is 16.5. The lowest BCUT2D eigenvalue weighted by atomic mass is 10.3. The van der Waals surface area contributed by atoms with Gasteiger partial charge in [-0.3, -0.25) is 4.79 Å². The van der Waals surface area contributed by atoms with E-state index in [0.29, 0.717) is 0 Å². The van der Waals surface area contributed by atoms with Crippen molar-refractivity contribution in [3.05, 3.63) is 0 Å². The summed E-state index contributed by atoms with van der Waals surface area (Å²) < 4.78 is 4.29. The number of nitrogens with one attached hydrogen (secondary N) is 2. The molecule has 0 rings (SSSR count). The van der Waals surface area contributed by atoms with Crippen LogP contribution in [0, 0.1) is 0 Å². The first kappa shape index (κ1) is 9.74. The second kappa shape index (κ2) is 4.54. The SMILES string of the molecule is CNC(=O)[C@H](C)NC(=O)OC. The molecule has 0 unspecified atom stereocenters. The van der Waals surface area contributed by atoms with E-state index in [1.54, 1.807) is 6.92 Å². The molecule has 0 fully saturated rings. The molecule has 0 heterocycles. The summed E-state index contributed by atoms with van der Waals surface area (Å²) in [4.78, 5) is 21.3. The van der Waals surface area contributed by atoms with Crippen molar-refractivity contribution in [2.75, 3.05) is 14.2 Å². The summed E-state index contributed by atoms with van der Waals surface area (Å²) in [6, 6.07) is -0.563. The van der Waals surface area contributed by atoms with Gasteiger partial charge in [-0.05, 0) is 6.92 Å². The van der Waals surface area contributed by atoms with Crippen molar-refractivity contribution >= 4 is 12.0 Å². The Labute approximate surface area is 65.1 Å². The van der Waals surface area contributed by atoms with Crippen LogP contribution >= 0.6 is 0 Å². The molecule has 5 nitrogen and oxygen atoms in total. The number of ether oxygens (including phenoxy) is 1. The van der Waals surface area contributed by atoms with Crippen LogP contribution in [0.3, 0.4) is 0 Å². The van der Waals surface area contributed by atoms with E-state index in [1.165, 1.54) is 14.2 Å². The number of carbonyl (C=O) groups excluding carboxylic acids is 2. The highest BCUT2D eigenvalue weighted by molar-refractivity contribution is 5.84. The van der Waals surface area contributed by atoms with Crippen molar-refractivity contribution in [3.63, 3.8) is 0 Å². The zero-order valence-corrected chi connectivity index (χ0v) is 6.80. The van der Waals surface area contributed by atoms with Crippen LogP contribution in [0.25, 0.3) is 0 Å². The maximum absolute atomic E-state index is 10.8. The van der Waals surface area contributed by atoms with Crippen molar-refractivity contribution < 1.29 is 14.3 Å². The molecule has 1 atom stereocenters. The summed E-state index contributed by atoms with van der Waals surface area (Å²) in [6.45, 7) is 1.57. The number of methoxy groups -OCH3 is 1. The molecule has 0 aliphatic carbocycles. The van der Waals surface area contributed by atoms with E-state index in [2.05, 4.69) is 15.4 Å². The van der Waals surface area contributed by atoms with Crippen LogP contribution in [0.5, 0.6) is 0 Å². The van der Waals surface area contributed by atoms with Gasteiger partial charge in [-0.1, -0.05) is 0 Å². The number of carbonyl (C=O) groups is 2. The maximum atomic E-state index is 10.8. The molecule has 0 bridgehead atoms. The lowest BCUT2D eigenvalue weighted by molar-refractivity contribution is -0.122. The van der Waals surface area contributed by atoms with E-state index in [4.69, 9.17) is 0 Å². The van der Waals surface area contributed by atoms with Gasteiger partial charge in [0.25, 0.3) is 0 Å². The van der Waals surface area contributed by atoms with Crippen molar-refractivity contribution in [2.24, 2.45) is 0 Å². The molecule has 0 aromatic rings. The van der Waals surface area contributed by atoms with Gasteiger partial charge in [0.15, 0.2) is 0 Å². The minimum absolute atomic E-state index is 0.254. The normalized spacial score (nSPS) is 11.5. The van der Waals surface area contributed by atoms with Gasteiger partial charge in [-0.25, -0.2) is 4.79 Å². The summed E-state index contributed by atoms with van der Waals surface area (Å²) in [5, 5.41) is 4.69. The fourth-order valence-electron chi connectivity index (χ4n) is 0.518. The van der Waals surface area contributed by atoms with Crippen LogP contribution in [-0.2, 0) is 9.53 Å². The Kier molecular flexibility index (Phi) is 4.02. The van der Waals surface area contributed by atoms with Crippen molar-refractivity contribution in [3.8, 4) is 0 Å². The predicted molar refractivity (Wildman–Crippen MR) is 39.1 cm³/mol. The number of hydrogen-bond acceptors (Lipinski definition) is 3. The topological polar surface area (TPSA) is 67.4 Å². The third kappa shape index (κ3) is 3.44. The van der Waals surface area contributed by atoms with Crippen molar-refractivity contribution in [1.29, 1.82) is 0 Å². The molecule has 0 aromatic carbocycles. The number of alkyl carbamates (subject to hydrolysis) is 1. The van der Waals surface area contributed by atoms with Crippen LogP contribution in [0.4, 0.5) is 4.79 Å². The van der Waals surface area contributed by atoms with E-state index < -0.39 is 12.1 Å². The summed E-state index contributed by atoms with van der Waals surface area (Å²) in [5.74, 6) is -0.254. The van der Waals surface area contributed by atoms with Gasteiger partial charge in [-0.2, -0.15) is 0 Å². The van der Waals surface area contributed by atoms with Crippen LogP contribution in [0.1, 0.15) is 6.92 Å². The molecule has 11 heavy (non-hydrogen) atoms. The Balaban J connectivity index is 3.77.